The molecule has 0 aromatic rings. The highest BCUT2D eigenvalue weighted by atomic mass is 35.5. The molecular formula is C12H21ClF2. The van der Waals surface area contributed by atoms with Crippen LogP contribution in [0.4, 0.5) is 8.78 Å². The van der Waals surface area contributed by atoms with Gasteiger partial charge in [-0.05, 0) is 30.5 Å². The quantitative estimate of drug-likeness (QED) is 0.282. The molecule has 0 atom stereocenters. The molecule has 0 amide bonds. The van der Waals surface area contributed by atoms with E-state index >= 15 is 0 Å². The Labute approximate surface area is 96.7 Å². The summed E-state index contributed by atoms with van der Waals surface area (Å²) < 4.78 is 24.2. The maximum absolute atomic E-state index is 12.1. The first-order valence-electron chi connectivity index (χ1n) is 5.80. The number of hydrogen-bond donors (Lipinski definition) is 0. The van der Waals surface area contributed by atoms with E-state index in [0.717, 1.165) is 18.9 Å². The molecule has 0 rings (SSSR count). The van der Waals surface area contributed by atoms with E-state index < -0.39 is 5.38 Å². The third-order valence-corrected chi connectivity index (χ3v) is 2.41. The minimum Gasteiger partial charge on any atom is -0.184 e. The van der Waals surface area contributed by atoms with Crippen LogP contribution in [0.25, 0.3) is 0 Å². The van der Waals surface area contributed by atoms with Crippen LogP contribution in [0.1, 0.15) is 58.3 Å². The molecule has 0 aliphatic rings. The largest absolute Gasteiger partial charge is 0.341 e. The van der Waals surface area contributed by atoms with Gasteiger partial charge in [-0.2, -0.15) is 8.78 Å². The first-order chi connectivity index (χ1) is 7.06. The molecule has 0 aromatic carbocycles. The van der Waals surface area contributed by atoms with Gasteiger partial charge >= 0.3 is 5.38 Å². The molecule has 0 fully saturated rings. The van der Waals surface area contributed by atoms with Crippen LogP contribution in [0.3, 0.4) is 0 Å². The lowest BCUT2D eigenvalue weighted by Gasteiger charge is -2.00. The lowest BCUT2D eigenvalue weighted by molar-refractivity contribution is 0.152. The Hall–Kier alpha value is -0.110. The average Bonchev–Trinajstić information content (AvgIpc) is 2.14. The summed E-state index contributed by atoms with van der Waals surface area (Å²) in [5, 5.41) is -3.17. The van der Waals surface area contributed by atoms with E-state index in [9.17, 15) is 8.78 Å². The van der Waals surface area contributed by atoms with Gasteiger partial charge in [0.15, 0.2) is 0 Å². The highest BCUT2D eigenvalue weighted by molar-refractivity contribution is 6.22. The molecule has 0 unspecified atom stereocenters. The van der Waals surface area contributed by atoms with E-state index in [-0.39, 0.29) is 0 Å². The molecule has 0 N–H and O–H groups in total. The molecule has 0 aliphatic carbocycles. The molecule has 3 heteroatoms. The number of halogens is 3. The van der Waals surface area contributed by atoms with Gasteiger partial charge in [0.05, 0.1) is 0 Å². The monoisotopic (exact) mass is 238 g/mol. The predicted octanol–water partition coefficient (Wildman–Crippen LogP) is 5.51. The number of alkyl halides is 3. The Balaban J connectivity index is 3.15. The molecular weight excluding hydrogens is 218 g/mol. The van der Waals surface area contributed by atoms with Gasteiger partial charge in [-0.3, -0.25) is 0 Å². The summed E-state index contributed by atoms with van der Waals surface area (Å²) in [5.41, 5.74) is 0. The van der Waals surface area contributed by atoms with Crippen LogP contribution in [-0.4, -0.2) is 5.38 Å². The molecule has 90 valence electrons. The third-order valence-electron chi connectivity index (χ3n) is 2.28. The number of unbranched alkanes of at least 4 members (excludes halogenated alkanes) is 7. The predicted molar refractivity (Wildman–Crippen MR) is 62.6 cm³/mol. The minimum atomic E-state index is -3.17. The summed E-state index contributed by atoms with van der Waals surface area (Å²) >= 11 is 4.71. The summed E-state index contributed by atoms with van der Waals surface area (Å²) in [5.74, 6) is 0. The van der Waals surface area contributed by atoms with Crippen molar-refractivity contribution in [3.05, 3.63) is 12.2 Å². The summed E-state index contributed by atoms with van der Waals surface area (Å²) in [4.78, 5) is 0. The lowest BCUT2D eigenvalue weighted by Crippen LogP contribution is -1.98. The van der Waals surface area contributed by atoms with Gasteiger partial charge < -0.3 is 0 Å². The Morgan fingerprint density at radius 3 is 2.07 bits per heavy atom. The molecule has 15 heavy (non-hydrogen) atoms. The van der Waals surface area contributed by atoms with E-state index in [4.69, 9.17) is 11.6 Å². The van der Waals surface area contributed by atoms with Crippen LogP contribution in [0, 0.1) is 0 Å². The van der Waals surface area contributed by atoms with Crippen LogP contribution in [-0.2, 0) is 0 Å². The van der Waals surface area contributed by atoms with Crippen molar-refractivity contribution in [3.8, 4) is 0 Å². The number of allylic oxidation sites excluding steroid dienone is 2. The van der Waals surface area contributed by atoms with E-state index in [1.54, 1.807) is 0 Å². The molecule has 0 bridgehead atoms. The zero-order valence-electron chi connectivity index (χ0n) is 9.45. The second-order valence-electron chi connectivity index (χ2n) is 3.85. The number of rotatable bonds is 9. The van der Waals surface area contributed by atoms with Gasteiger partial charge in [-0.1, -0.05) is 51.5 Å². The summed E-state index contributed by atoms with van der Waals surface area (Å²) in [7, 11) is 0. The Morgan fingerprint density at radius 2 is 1.53 bits per heavy atom. The van der Waals surface area contributed by atoms with Gasteiger partial charge in [0, 0.05) is 0 Å². The molecule has 0 saturated heterocycles. The van der Waals surface area contributed by atoms with Crippen molar-refractivity contribution in [2.45, 2.75) is 63.7 Å². The first-order valence-corrected chi connectivity index (χ1v) is 6.18. The molecule has 0 spiro atoms. The van der Waals surface area contributed by atoms with Crippen LogP contribution >= 0.6 is 11.6 Å². The van der Waals surface area contributed by atoms with Crippen molar-refractivity contribution in [3.63, 3.8) is 0 Å². The topological polar surface area (TPSA) is 0 Å². The average molecular weight is 239 g/mol. The van der Waals surface area contributed by atoms with E-state index in [0.29, 0.717) is 6.42 Å². The van der Waals surface area contributed by atoms with Crippen molar-refractivity contribution in [2.24, 2.45) is 0 Å². The zero-order chi connectivity index (χ0) is 11.6. The Morgan fingerprint density at radius 1 is 1.00 bits per heavy atom. The van der Waals surface area contributed by atoms with E-state index in [2.05, 4.69) is 6.92 Å². The molecule has 0 aromatic heterocycles. The van der Waals surface area contributed by atoms with Crippen molar-refractivity contribution < 1.29 is 8.78 Å². The second kappa shape index (κ2) is 9.14. The standard InChI is InChI=1S/C12H21ClF2/c1-2-3-4-5-6-7-8-9-10-11-12(13,14)15/h10-11H,2-9H2,1H3/b11-10+. The van der Waals surface area contributed by atoms with Crippen LogP contribution in [0.5, 0.6) is 0 Å². The molecule has 0 nitrogen and oxygen atoms in total. The fourth-order valence-corrected chi connectivity index (χ4v) is 1.53. The SMILES string of the molecule is CCCCCCCCC/C=C/C(F)(F)Cl. The van der Waals surface area contributed by atoms with Crippen molar-refractivity contribution in [1.29, 1.82) is 0 Å². The summed E-state index contributed by atoms with van der Waals surface area (Å²) in [6, 6.07) is 0. The van der Waals surface area contributed by atoms with Crippen molar-refractivity contribution in [2.75, 3.05) is 0 Å². The maximum atomic E-state index is 12.1. The van der Waals surface area contributed by atoms with Crippen LogP contribution in [0.15, 0.2) is 12.2 Å². The fraction of sp³-hybridized carbons (Fsp3) is 0.833. The molecule has 0 radical (unpaired) electrons. The Bertz CT molecular complexity index is 161. The lowest BCUT2D eigenvalue weighted by atomic mass is 10.1. The van der Waals surface area contributed by atoms with Gasteiger partial charge in [-0.15, -0.1) is 0 Å². The first kappa shape index (κ1) is 14.9. The van der Waals surface area contributed by atoms with E-state index in [1.165, 1.54) is 38.2 Å². The molecule has 0 aliphatic heterocycles. The summed E-state index contributed by atoms with van der Waals surface area (Å²) in [6.45, 7) is 2.19. The fourth-order valence-electron chi connectivity index (χ4n) is 1.44. The molecule has 0 saturated carbocycles. The summed E-state index contributed by atoms with van der Waals surface area (Å²) in [6.07, 6.45) is 11.4. The van der Waals surface area contributed by atoms with Gasteiger partial charge in [0.2, 0.25) is 0 Å². The van der Waals surface area contributed by atoms with Crippen molar-refractivity contribution >= 4 is 11.6 Å². The Kier molecular flexibility index (Phi) is 9.07. The smallest absolute Gasteiger partial charge is 0.184 e. The van der Waals surface area contributed by atoms with Crippen molar-refractivity contribution in [1.82, 2.24) is 0 Å². The highest BCUT2D eigenvalue weighted by Gasteiger charge is 2.18. The number of hydrogen-bond acceptors (Lipinski definition) is 0. The zero-order valence-corrected chi connectivity index (χ0v) is 10.2. The molecule has 0 heterocycles. The highest BCUT2D eigenvalue weighted by Crippen LogP contribution is 2.20. The van der Waals surface area contributed by atoms with Gasteiger partial charge in [0.1, 0.15) is 0 Å². The third kappa shape index (κ3) is 13.9. The van der Waals surface area contributed by atoms with Crippen LogP contribution < -0.4 is 0 Å². The van der Waals surface area contributed by atoms with Gasteiger partial charge in [0.25, 0.3) is 0 Å². The second-order valence-corrected chi connectivity index (χ2v) is 4.36. The minimum absolute atomic E-state index is 0.704. The van der Waals surface area contributed by atoms with Crippen LogP contribution in [0.2, 0.25) is 0 Å². The van der Waals surface area contributed by atoms with E-state index in [1.807, 2.05) is 0 Å². The normalized spacial score (nSPS) is 12.5. The van der Waals surface area contributed by atoms with Gasteiger partial charge in [-0.25, -0.2) is 0 Å². The maximum Gasteiger partial charge on any atom is 0.341 e.